The first-order valence-corrected chi connectivity index (χ1v) is 21.6. The van der Waals surface area contributed by atoms with E-state index in [9.17, 15) is 0 Å². The van der Waals surface area contributed by atoms with Crippen molar-refractivity contribution in [3.05, 3.63) is 206 Å². The maximum Gasteiger partial charge on any atom is 0.172 e. The van der Waals surface area contributed by atoms with Crippen molar-refractivity contribution in [2.75, 3.05) is 0 Å². The van der Waals surface area contributed by atoms with Crippen LogP contribution in [-0.2, 0) is 4.57 Å². The van der Waals surface area contributed by atoms with E-state index in [2.05, 4.69) is 156 Å². The molecule has 5 heteroatoms. The Hall–Kier alpha value is -7.39. The summed E-state index contributed by atoms with van der Waals surface area (Å²) < 4.78 is 17.8. The second kappa shape index (κ2) is 13.1. The number of para-hydroxylation sites is 2. The predicted molar refractivity (Wildman–Crippen MR) is 246 cm³/mol. The number of benzene rings is 9. The number of nitrogens with zero attached hydrogens (tertiary/aromatic N) is 3. The van der Waals surface area contributed by atoms with Crippen LogP contribution in [0.25, 0.3) is 94.1 Å². The third kappa shape index (κ3) is 5.13. The van der Waals surface area contributed by atoms with Gasteiger partial charge in [0.05, 0.1) is 22.2 Å². The van der Waals surface area contributed by atoms with E-state index in [0.717, 1.165) is 87.8 Å². The maximum atomic E-state index is 15.5. The van der Waals surface area contributed by atoms with Gasteiger partial charge in [-0.25, -0.2) is 9.97 Å². The molecule has 4 nitrogen and oxygen atoms in total. The van der Waals surface area contributed by atoms with Gasteiger partial charge < -0.3 is 9.13 Å². The van der Waals surface area contributed by atoms with Crippen molar-refractivity contribution in [1.29, 1.82) is 0 Å². The molecule has 1 aliphatic heterocycles. The lowest BCUT2D eigenvalue weighted by Gasteiger charge is -2.16. The zero-order chi connectivity index (χ0) is 39.1. The van der Waals surface area contributed by atoms with Crippen LogP contribution in [-0.4, -0.2) is 14.5 Å². The fourth-order valence-corrected chi connectivity index (χ4v) is 12.3. The molecule has 2 aromatic heterocycles. The van der Waals surface area contributed by atoms with Crippen LogP contribution in [0.5, 0.6) is 0 Å². The van der Waals surface area contributed by atoms with Gasteiger partial charge in [0.15, 0.2) is 13.0 Å². The lowest BCUT2D eigenvalue weighted by Crippen LogP contribution is -2.20. The average Bonchev–Trinajstić information content (AvgIpc) is 3.79. The molecule has 9 aromatic carbocycles. The Balaban J connectivity index is 0.986. The molecule has 0 saturated carbocycles. The van der Waals surface area contributed by atoms with E-state index in [1.54, 1.807) is 0 Å². The quantitative estimate of drug-likeness (QED) is 0.164. The molecule has 0 bridgehead atoms. The van der Waals surface area contributed by atoms with Crippen molar-refractivity contribution in [3.8, 4) is 50.6 Å². The highest BCUT2D eigenvalue weighted by atomic mass is 31.2. The van der Waals surface area contributed by atoms with Gasteiger partial charge in [0.2, 0.25) is 0 Å². The van der Waals surface area contributed by atoms with Crippen LogP contribution in [0.4, 0.5) is 0 Å². The number of hydrogen-bond donors (Lipinski definition) is 0. The van der Waals surface area contributed by atoms with Crippen molar-refractivity contribution >= 4 is 66.5 Å². The molecule has 276 valence electrons. The minimum atomic E-state index is -3.12. The molecule has 0 N–H and O–H groups in total. The van der Waals surface area contributed by atoms with Crippen molar-refractivity contribution in [1.82, 2.24) is 14.5 Å². The lowest BCUT2D eigenvalue weighted by atomic mass is 9.98. The minimum absolute atomic E-state index is 0.671. The molecule has 11 aromatic rings. The van der Waals surface area contributed by atoms with Crippen LogP contribution in [0.1, 0.15) is 0 Å². The zero-order valence-electron chi connectivity index (χ0n) is 31.8. The van der Waals surface area contributed by atoms with Crippen LogP contribution in [0, 0.1) is 0 Å². The highest BCUT2D eigenvalue weighted by Gasteiger charge is 2.41. The molecule has 0 amide bonds. The monoisotopic (exact) mass is 771 g/mol. The van der Waals surface area contributed by atoms with Crippen LogP contribution in [0.3, 0.4) is 0 Å². The van der Waals surface area contributed by atoms with Gasteiger partial charge in [-0.15, -0.1) is 0 Å². The van der Waals surface area contributed by atoms with E-state index in [0.29, 0.717) is 5.82 Å². The fraction of sp³-hybridized carbons (Fsp3) is 0. The average molecular weight is 772 g/mol. The minimum Gasteiger partial charge on any atom is -0.309 e. The number of fused-ring (bicyclic) bond motifs is 9. The molecular formula is C54H34N3OP. The lowest BCUT2D eigenvalue weighted by molar-refractivity contribution is 0.593. The van der Waals surface area contributed by atoms with Gasteiger partial charge in [-0.2, -0.15) is 0 Å². The van der Waals surface area contributed by atoms with Gasteiger partial charge >= 0.3 is 0 Å². The summed E-state index contributed by atoms with van der Waals surface area (Å²) in [6, 6.07) is 71.6. The Morgan fingerprint density at radius 2 is 1.10 bits per heavy atom. The standard InChI is InChI=1S/C54H34N3OP/c58-59(42-14-2-1-3-15-42)49-21-11-8-18-46(49)51-50(59)33-32-44-43-16-7-10-20-48(43)57(53(44)51)41-30-28-38(29-31-41)54-55-47-19-9-6-17-45(47)52(56-54)37-25-22-36(23-26-37)40-27-24-35-12-4-5-13-39(35)34-40/h1-34H. The van der Waals surface area contributed by atoms with Crippen LogP contribution in [0.15, 0.2) is 206 Å². The number of aromatic nitrogens is 3. The Morgan fingerprint density at radius 1 is 0.441 bits per heavy atom. The molecule has 0 spiro atoms. The summed E-state index contributed by atoms with van der Waals surface area (Å²) in [5.41, 5.74) is 11.4. The molecule has 1 atom stereocenters. The van der Waals surface area contributed by atoms with Crippen LogP contribution < -0.4 is 15.9 Å². The Morgan fingerprint density at radius 3 is 1.95 bits per heavy atom. The molecule has 0 radical (unpaired) electrons. The van der Waals surface area contributed by atoms with E-state index >= 15 is 4.57 Å². The topological polar surface area (TPSA) is 47.8 Å². The van der Waals surface area contributed by atoms with Crippen LogP contribution in [0.2, 0.25) is 0 Å². The molecule has 0 aliphatic carbocycles. The Kier molecular flexibility index (Phi) is 7.47. The summed E-state index contributed by atoms with van der Waals surface area (Å²) >= 11 is 0. The molecule has 3 heterocycles. The Labute approximate surface area is 341 Å². The normalized spacial score (nSPS) is 14.6. The van der Waals surface area contributed by atoms with Crippen molar-refractivity contribution in [2.45, 2.75) is 0 Å². The number of hydrogen-bond acceptors (Lipinski definition) is 3. The first kappa shape index (κ1) is 33.7. The van der Waals surface area contributed by atoms with Crippen molar-refractivity contribution in [2.24, 2.45) is 0 Å². The third-order valence-electron chi connectivity index (χ3n) is 12.0. The SMILES string of the molecule is O=P1(c2ccccc2)c2ccccc2-c2c1ccc1c3ccccc3n(-c3ccc(-c4nc(-c5ccc(-c6ccc7ccccc7c6)cc5)c5ccccc5n4)cc3)c21. The highest BCUT2D eigenvalue weighted by molar-refractivity contribution is 7.86. The maximum absolute atomic E-state index is 15.5. The molecular weight excluding hydrogens is 738 g/mol. The smallest absolute Gasteiger partial charge is 0.172 e. The first-order valence-electron chi connectivity index (χ1n) is 19.9. The molecule has 1 unspecified atom stereocenters. The largest absolute Gasteiger partial charge is 0.309 e. The van der Waals surface area contributed by atoms with E-state index in [1.807, 2.05) is 54.6 Å². The summed E-state index contributed by atoms with van der Waals surface area (Å²) in [6.45, 7) is 0. The number of rotatable bonds is 5. The van der Waals surface area contributed by atoms with E-state index in [1.165, 1.54) is 16.3 Å². The van der Waals surface area contributed by atoms with Gasteiger partial charge in [-0.1, -0.05) is 158 Å². The molecule has 0 saturated heterocycles. The zero-order valence-corrected chi connectivity index (χ0v) is 32.7. The molecule has 59 heavy (non-hydrogen) atoms. The third-order valence-corrected chi connectivity index (χ3v) is 15.2. The first-order chi connectivity index (χ1) is 29.1. The summed E-state index contributed by atoms with van der Waals surface area (Å²) in [5.74, 6) is 0.671. The van der Waals surface area contributed by atoms with E-state index in [-0.39, 0.29) is 0 Å². The second-order valence-electron chi connectivity index (χ2n) is 15.3. The molecule has 0 fully saturated rings. The fourth-order valence-electron chi connectivity index (χ4n) is 9.22. The van der Waals surface area contributed by atoms with Gasteiger partial charge in [-0.3, -0.25) is 0 Å². The second-order valence-corrected chi connectivity index (χ2v) is 18.0. The summed E-state index contributed by atoms with van der Waals surface area (Å²) in [4.78, 5) is 10.3. The molecule has 12 rings (SSSR count). The van der Waals surface area contributed by atoms with Gasteiger partial charge in [0.25, 0.3) is 0 Å². The van der Waals surface area contributed by atoms with Gasteiger partial charge in [0, 0.05) is 54.5 Å². The van der Waals surface area contributed by atoms with Gasteiger partial charge in [0.1, 0.15) is 0 Å². The van der Waals surface area contributed by atoms with Crippen LogP contribution >= 0.6 is 7.14 Å². The van der Waals surface area contributed by atoms with Crippen molar-refractivity contribution in [3.63, 3.8) is 0 Å². The predicted octanol–water partition coefficient (Wildman–Crippen LogP) is 12.5. The highest BCUT2D eigenvalue weighted by Crippen LogP contribution is 2.54. The molecule has 1 aliphatic rings. The van der Waals surface area contributed by atoms with Crippen molar-refractivity contribution < 1.29 is 4.57 Å². The van der Waals surface area contributed by atoms with E-state index < -0.39 is 7.14 Å². The van der Waals surface area contributed by atoms with E-state index in [4.69, 9.17) is 9.97 Å². The summed E-state index contributed by atoms with van der Waals surface area (Å²) in [6.07, 6.45) is 0. The summed E-state index contributed by atoms with van der Waals surface area (Å²) in [7, 11) is -3.12. The summed E-state index contributed by atoms with van der Waals surface area (Å²) in [5, 5.41) is 8.41. The van der Waals surface area contributed by atoms with Gasteiger partial charge in [-0.05, 0) is 76.0 Å². The Bertz CT molecular complexity index is 3520.